The lowest BCUT2D eigenvalue weighted by Crippen LogP contribution is -2.45. The first-order valence-electron chi connectivity index (χ1n) is 10.2. The maximum Gasteiger partial charge on any atom is 0.241 e. The van der Waals surface area contributed by atoms with Crippen molar-refractivity contribution < 1.29 is 4.79 Å². The molecule has 146 valence electrons. The number of amides is 1. The first-order valence-corrected chi connectivity index (χ1v) is 10.2. The third kappa shape index (κ3) is 3.69. The maximum atomic E-state index is 12.8. The molecule has 0 bridgehead atoms. The molecule has 1 atom stereocenters. The number of benzene rings is 2. The fraction of sp³-hybridized carbons (Fsp3) is 0.375. The number of carbonyl (C=O) groups is 1. The van der Waals surface area contributed by atoms with E-state index in [1.54, 1.807) is 0 Å². The first kappa shape index (κ1) is 18.8. The van der Waals surface area contributed by atoms with Crippen molar-refractivity contribution in [1.29, 1.82) is 0 Å². The van der Waals surface area contributed by atoms with E-state index >= 15 is 0 Å². The summed E-state index contributed by atoms with van der Waals surface area (Å²) in [4.78, 5) is 18.5. The molecule has 28 heavy (non-hydrogen) atoms. The number of aromatic amines is 1. The van der Waals surface area contributed by atoms with E-state index in [0.717, 1.165) is 42.7 Å². The van der Waals surface area contributed by atoms with E-state index in [1.807, 2.05) is 26.8 Å². The first-order chi connectivity index (χ1) is 13.5. The highest BCUT2D eigenvalue weighted by atomic mass is 16.2. The van der Waals surface area contributed by atoms with Gasteiger partial charge in [0.05, 0.1) is 6.04 Å². The summed E-state index contributed by atoms with van der Waals surface area (Å²) < 4.78 is 0. The number of H-pyrrole nitrogens is 1. The number of carbonyl (C=O) groups excluding carboxylic acids is 1. The minimum atomic E-state index is -0.121. The molecule has 2 aromatic carbocycles. The Kier molecular flexibility index (Phi) is 5.23. The Bertz CT molecular complexity index is 982. The van der Waals surface area contributed by atoms with Crippen LogP contribution in [0.4, 0.5) is 5.69 Å². The smallest absolute Gasteiger partial charge is 0.241 e. The number of fused-ring (bicyclic) bond motifs is 1. The number of aromatic nitrogens is 1. The molecule has 4 nitrogen and oxygen atoms in total. The van der Waals surface area contributed by atoms with Crippen LogP contribution in [0.5, 0.6) is 0 Å². The quantitative estimate of drug-likeness (QED) is 0.675. The predicted octanol–water partition coefficient (Wildman–Crippen LogP) is 4.99. The predicted molar refractivity (Wildman–Crippen MR) is 116 cm³/mol. The van der Waals surface area contributed by atoms with Crippen LogP contribution < -0.4 is 5.32 Å². The van der Waals surface area contributed by atoms with E-state index < -0.39 is 0 Å². The minimum absolute atomic E-state index is 0.0826. The number of nitrogens with zero attached hydrogens (tertiary/aromatic N) is 1. The number of piperidine rings is 1. The normalized spacial score (nSPS) is 17.0. The monoisotopic (exact) mass is 375 g/mol. The number of anilines is 1. The second kappa shape index (κ2) is 7.80. The summed E-state index contributed by atoms with van der Waals surface area (Å²) in [5.74, 6) is 0.640. The summed E-state index contributed by atoms with van der Waals surface area (Å²) in [6.45, 7) is 8.00. The van der Waals surface area contributed by atoms with Gasteiger partial charge in [-0.15, -0.1) is 0 Å². The summed E-state index contributed by atoms with van der Waals surface area (Å²) in [6.07, 6.45) is 4.34. The molecule has 4 rings (SSSR count). The molecule has 1 unspecified atom stereocenters. The van der Waals surface area contributed by atoms with Gasteiger partial charge in [-0.25, -0.2) is 0 Å². The molecule has 2 heterocycles. The van der Waals surface area contributed by atoms with Crippen LogP contribution in [0.3, 0.4) is 0 Å². The van der Waals surface area contributed by atoms with Crippen LogP contribution in [0, 0.1) is 13.8 Å². The van der Waals surface area contributed by atoms with Crippen molar-refractivity contribution in [2.75, 3.05) is 18.4 Å². The number of likely N-dealkylation sites (tertiary alicyclic amines) is 1. The van der Waals surface area contributed by atoms with E-state index in [1.165, 1.54) is 16.5 Å². The average Bonchev–Trinajstić information content (AvgIpc) is 3.14. The van der Waals surface area contributed by atoms with Crippen LogP contribution in [-0.2, 0) is 4.79 Å². The fourth-order valence-corrected chi connectivity index (χ4v) is 4.30. The molecular weight excluding hydrogens is 346 g/mol. The zero-order chi connectivity index (χ0) is 19.7. The number of hydrogen-bond donors (Lipinski definition) is 2. The number of aryl methyl sites for hydroxylation is 2. The van der Waals surface area contributed by atoms with Crippen LogP contribution >= 0.6 is 0 Å². The average molecular weight is 376 g/mol. The Balaban J connectivity index is 1.39. The van der Waals surface area contributed by atoms with Crippen LogP contribution in [0.2, 0.25) is 0 Å². The Labute approximate surface area is 166 Å². The molecule has 1 aliphatic rings. The standard InChI is InChI=1S/C24H29N3O/c1-16-8-9-17(2)23(14-16)26-24(28)18(3)27-12-10-19(11-13-27)21-15-25-22-7-5-4-6-20(21)22/h4-9,14-15,18-19,25H,10-13H2,1-3H3,(H,26,28). The molecule has 1 aromatic heterocycles. The van der Waals surface area contributed by atoms with Crippen LogP contribution in [0.25, 0.3) is 10.9 Å². The summed E-state index contributed by atoms with van der Waals surface area (Å²) in [7, 11) is 0. The highest BCUT2D eigenvalue weighted by molar-refractivity contribution is 5.95. The molecule has 0 radical (unpaired) electrons. The molecule has 4 heteroatoms. The van der Waals surface area contributed by atoms with Crippen LogP contribution in [-0.4, -0.2) is 34.9 Å². The topological polar surface area (TPSA) is 48.1 Å². The van der Waals surface area contributed by atoms with Crippen molar-refractivity contribution in [2.24, 2.45) is 0 Å². The van der Waals surface area contributed by atoms with E-state index in [-0.39, 0.29) is 11.9 Å². The Morgan fingerprint density at radius 1 is 1.14 bits per heavy atom. The molecule has 1 aliphatic heterocycles. The number of rotatable bonds is 4. The molecular formula is C24H29N3O. The third-order valence-electron chi connectivity index (χ3n) is 6.17. The summed E-state index contributed by atoms with van der Waals surface area (Å²) in [5.41, 5.74) is 5.81. The lowest BCUT2D eigenvalue weighted by atomic mass is 9.88. The van der Waals surface area contributed by atoms with E-state index in [2.05, 4.69) is 57.8 Å². The highest BCUT2D eigenvalue weighted by Crippen LogP contribution is 2.33. The van der Waals surface area contributed by atoms with Gasteiger partial charge in [0.25, 0.3) is 0 Å². The van der Waals surface area contributed by atoms with Crippen molar-refractivity contribution in [3.05, 3.63) is 65.4 Å². The highest BCUT2D eigenvalue weighted by Gasteiger charge is 2.28. The second-order valence-corrected chi connectivity index (χ2v) is 8.08. The van der Waals surface area contributed by atoms with Gasteiger partial charge in [0.1, 0.15) is 0 Å². The largest absolute Gasteiger partial charge is 0.361 e. The van der Waals surface area contributed by atoms with Gasteiger partial charge in [0.15, 0.2) is 0 Å². The molecule has 1 amide bonds. The van der Waals surface area contributed by atoms with E-state index in [4.69, 9.17) is 0 Å². The van der Waals surface area contributed by atoms with Gasteiger partial charge in [-0.05, 0) is 81.4 Å². The lowest BCUT2D eigenvalue weighted by molar-refractivity contribution is -0.121. The van der Waals surface area contributed by atoms with Gasteiger partial charge in [-0.2, -0.15) is 0 Å². The Morgan fingerprint density at radius 2 is 1.89 bits per heavy atom. The summed E-state index contributed by atoms with van der Waals surface area (Å²) in [5, 5.41) is 4.46. The zero-order valence-electron chi connectivity index (χ0n) is 17.0. The fourth-order valence-electron chi connectivity index (χ4n) is 4.30. The van der Waals surface area contributed by atoms with Crippen molar-refractivity contribution in [3.63, 3.8) is 0 Å². The van der Waals surface area contributed by atoms with E-state index in [0.29, 0.717) is 5.92 Å². The molecule has 0 spiro atoms. The third-order valence-corrected chi connectivity index (χ3v) is 6.17. The lowest BCUT2D eigenvalue weighted by Gasteiger charge is -2.35. The maximum absolute atomic E-state index is 12.8. The summed E-state index contributed by atoms with van der Waals surface area (Å²) >= 11 is 0. The van der Waals surface area contributed by atoms with Gasteiger partial charge in [0.2, 0.25) is 5.91 Å². The minimum Gasteiger partial charge on any atom is -0.361 e. The number of hydrogen-bond acceptors (Lipinski definition) is 2. The number of para-hydroxylation sites is 1. The van der Waals surface area contributed by atoms with Crippen LogP contribution in [0.15, 0.2) is 48.7 Å². The SMILES string of the molecule is Cc1ccc(C)c(NC(=O)C(C)N2CCC(c3c[nH]c4ccccc34)CC2)c1. The number of nitrogens with one attached hydrogen (secondary N) is 2. The van der Waals surface area contributed by atoms with Gasteiger partial charge in [-0.3, -0.25) is 9.69 Å². The van der Waals surface area contributed by atoms with Crippen molar-refractivity contribution >= 4 is 22.5 Å². The Morgan fingerprint density at radius 3 is 2.68 bits per heavy atom. The molecule has 3 aromatic rings. The van der Waals surface area contributed by atoms with Gasteiger partial charge in [0, 0.05) is 22.8 Å². The van der Waals surface area contributed by atoms with Crippen molar-refractivity contribution in [2.45, 2.75) is 45.6 Å². The molecule has 1 fully saturated rings. The molecule has 2 N–H and O–H groups in total. The van der Waals surface area contributed by atoms with Crippen molar-refractivity contribution in [1.82, 2.24) is 9.88 Å². The molecule has 1 saturated heterocycles. The Hall–Kier alpha value is -2.59. The molecule has 0 saturated carbocycles. The van der Waals surface area contributed by atoms with E-state index in [9.17, 15) is 4.79 Å². The zero-order valence-corrected chi connectivity index (χ0v) is 17.0. The van der Waals surface area contributed by atoms with Crippen molar-refractivity contribution in [3.8, 4) is 0 Å². The molecule has 0 aliphatic carbocycles. The van der Waals surface area contributed by atoms with Gasteiger partial charge >= 0.3 is 0 Å². The van der Waals surface area contributed by atoms with Gasteiger partial charge < -0.3 is 10.3 Å². The summed E-state index contributed by atoms with van der Waals surface area (Å²) in [6, 6.07) is 14.6. The van der Waals surface area contributed by atoms with Gasteiger partial charge in [-0.1, -0.05) is 30.3 Å². The van der Waals surface area contributed by atoms with Crippen LogP contribution in [0.1, 0.15) is 42.4 Å². The second-order valence-electron chi connectivity index (χ2n) is 8.08.